The number of hydrogen-bond donors (Lipinski definition) is 3. The van der Waals surface area contributed by atoms with Crippen molar-refractivity contribution in [3.8, 4) is 0 Å². The van der Waals surface area contributed by atoms with Crippen LogP contribution in [0.3, 0.4) is 0 Å². The van der Waals surface area contributed by atoms with Crippen molar-refractivity contribution < 1.29 is 14.4 Å². The highest BCUT2D eigenvalue weighted by atomic mass is 16.2. The Balaban J connectivity index is 1.62. The van der Waals surface area contributed by atoms with E-state index in [1.807, 2.05) is 24.3 Å². The number of carbonyl (C=O) groups excluding carboxylic acids is 3. The number of rotatable bonds is 6. The first-order valence-electron chi connectivity index (χ1n) is 8.82. The van der Waals surface area contributed by atoms with Gasteiger partial charge in [0.2, 0.25) is 17.7 Å². The molecule has 0 bridgehead atoms. The standard InChI is InChI=1S/C20H22N4O3/c1-13(20(27)23-15-9-7-14(8-10-15)19(21)26)22-16-4-2-5-17(12-16)24-11-3-6-18(24)25/h2,4-5,7-10,12-13,22H,3,6,11H2,1H3,(H2,21,26)(H,23,27). The van der Waals surface area contributed by atoms with Crippen LogP contribution in [0.15, 0.2) is 48.5 Å². The summed E-state index contributed by atoms with van der Waals surface area (Å²) in [6.45, 7) is 2.47. The first kappa shape index (κ1) is 18.4. The SMILES string of the molecule is CC(Nc1cccc(N2CCCC2=O)c1)C(=O)Nc1ccc(C(N)=O)cc1. The van der Waals surface area contributed by atoms with Crippen LogP contribution >= 0.6 is 0 Å². The number of primary amides is 1. The van der Waals surface area contributed by atoms with E-state index in [0.29, 0.717) is 17.7 Å². The van der Waals surface area contributed by atoms with Gasteiger partial charge < -0.3 is 21.3 Å². The average molecular weight is 366 g/mol. The number of nitrogens with zero attached hydrogens (tertiary/aromatic N) is 1. The third kappa shape index (κ3) is 4.44. The fourth-order valence-corrected chi connectivity index (χ4v) is 2.97. The molecule has 0 spiro atoms. The fourth-order valence-electron chi connectivity index (χ4n) is 2.97. The zero-order valence-corrected chi connectivity index (χ0v) is 15.1. The summed E-state index contributed by atoms with van der Waals surface area (Å²) < 4.78 is 0. The number of carbonyl (C=O) groups is 3. The normalized spacial score (nSPS) is 14.7. The Morgan fingerprint density at radius 2 is 1.85 bits per heavy atom. The highest BCUT2D eigenvalue weighted by Crippen LogP contribution is 2.24. The predicted molar refractivity (Wildman–Crippen MR) is 105 cm³/mol. The van der Waals surface area contributed by atoms with Gasteiger partial charge in [-0.15, -0.1) is 0 Å². The molecule has 27 heavy (non-hydrogen) atoms. The van der Waals surface area contributed by atoms with E-state index >= 15 is 0 Å². The third-order valence-corrected chi connectivity index (χ3v) is 4.44. The van der Waals surface area contributed by atoms with Crippen LogP contribution in [0.25, 0.3) is 0 Å². The minimum absolute atomic E-state index is 0.123. The molecule has 0 saturated carbocycles. The predicted octanol–water partition coefficient (Wildman–Crippen LogP) is 2.35. The number of hydrogen-bond acceptors (Lipinski definition) is 4. The summed E-state index contributed by atoms with van der Waals surface area (Å²) in [7, 11) is 0. The Hall–Kier alpha value is -3.35. The molecule has 3 rings (SSSR count). The molecular weight excluding hydrogens is 344 g/mol. The molecule has 0 aliphatic carbocycles. The van der Waals surface area contributed by atoms with Gasteiger partial charge in [-0.2, -0.15) is 0 Å². The first-order valence-corrected chi connectivity index (χ1v) is 8.82. The van der Waals surface area contributed by atoms with Gasteiger partial charge in [0.25, 0.3) is 0 Å². The van der Waals surface area contributed by atoms with Crippen LogP contribution in [0.5, 0.6) is 0 Å². The average Bonchev–Trinajstić information content (AvgIpc) is 3.08. The lowest BCUT2D eigenvalue weighted by Gasteiger charge is -2.19. The number of nitrogens with one attached hydrogen (secondary N) is 2. The molecule has 3 amide bonds. The van der Waals surface area contributed by atoms with E-state index in [1.165, 1.54) is 0 Å². The zero-order chi connectivity index (χ0) is 19.4. The second-order valence-corrected chi connectivity index (χ2v) is 6.50. The first-order chi connectivity index (χ1) is 12.9. The van der Waals surface area contributed by atoms with Gasteiger partial charge >= 0.3 is 0 Å². The van der Waals surface area contributed by atoms with E-state index in [4.69, 9.17) is 5.73 Å². The molecule has 4 N–H and O–H groups in total. The van der Waals surface area contributed by atoms with E-state index in [9.17, 15) is 14.4 Å². The summed E-state index contributed by atoms with van der Waals surface area (Å²) in [6, 6.07) is 13.4. The molecule has 1 aliphatic heterocycles. The van der Waals surface area contributed by atoms with Crippen LogP contribution in [-0.4, -0.2) is 30.3 Å². The quantitative estimate of drug-likeness (QED) is 0.730. The molecule has 2 aromatic carbocycles. The highest BCUT2D eigenvalue weighted by Gasteiger charge is 2.22. The van der Waals surface area contributed by atoms with Crippen LogP contribution in [0.4, 0.5) is 17.1 Å². The monoisotopic (exact) mass is 366 g/mol. The Morgan fingerprint density at radius 1 is 1.11 bits per heavy atom. The summed E-state index contributed by atoms with van der Waals surface area (Å²) in [5.74, 6) is -0.610. The molecule has 2 aromatic rings. The summed E-state index contributed by atoms with van der Waals surface area (Å²) in [5.41, 5.74) is 7.76. The van der Waals surface area contributed by atoms with Gasteiger partial charge in [-0.3, -0.25) is 14.4 Å². The van der Waals surface area contributed by atoms with Gasteiger partial charge in [-0.1, -0.05) is 6.07 Å². The molecular formula is C20H22N4O3. The summed E-state index contributed by atoms with van der Waals surface area (Å²) in [5, 5.41) is 5.93. The van der Waals surface area contributed by atoms with E-state index in [1.54, 1.807) is 36.1 Å². The molecule has 1 saturated heterocycles. The topological polar surface area (TPSA) is 105 Å². The minimum atomic E-state index is -0.515. The van der Waals surface area contributed by atoms with Crippen molar-refractivity contribution in [3.05, 3.63) is 54.1 Å². The molecule has 1 atom stereocenters. The van der Waals surface area contributed by atoms with Crippen LogP contribution in [0.2, 0.25) is 0 Å². The van der Waals surface area contributed by atoms with Gasteiger partial charge in [-0.05, 0) is 55.8 Å². The second-order valence-electron chi connectivity index (χ2n) is 6.50. The maximum absolute atomic E-state index is 12.4. The highest BCUT2D eigenvalue weighted by molar-refractivity contribution is 5.98. The molecule has 1 fully saturated rings. The summed E-state index contributed by atoms with van der Waals surface area (Å²) in [6.07, 6.45) is 1.44. The third-order valence-electron chi connectivity index (χ3n) is 4.44. The van der Waals surface area contributed by atoms with Gasteiger partial charge in [0.15, 0.2) is 0 Å². The van der Waals surface area contributed by atoms with E-state index < -0.39 is 11.9 Å². The van der Waals surface area contributed by atoms with Crippen molar-refractivity contribution >= 4 is 34.8 Å². The van der Waals surface area contributed by atoms with Gasteiger partial charge in [-0.25, -0.2) is 0 Å². The van der Waals surface area contributed by atoms with Crippen LogP contribution in [-0.2, 0) is 9.59 Å². The minimum Gasteiger partial charge on any atom is -0.374 e. The van der Waals surface area contributed by atoms with E-state index in [2.05, 4.69) is 10.6 Å². The molecule has 7 heteroatoms. The Bertz CT molecular complexity index is 864. The van der Waals surface area contributed by atoms with E-state index in [-0.39, 0.29) is 11.8 Å². The molecule has 1 aliphatic rings. The van der Waals surface area contributed by atoms with Gasteiger partial charge in [0.1, 0.15) is 6.04 Å². The van der Waals surface area contributed by atoms with Crippen molar-refractivity contribution in [1.82, 2.24) is 0 Å². The van der Waals surface area contributed by atoms with E-state index in [0.717, 1.165) is 24.3 Å². The second kappa shape index (κ2) is 7.90. The number of nitrogens with two attached hydrogens (primary N) is 1. The molecule has 0 radical (unpaired) electrons. The molecule has 7 nitrogen and oxygen atoms in total. The summed E-state index contributed by atoms with van der Waals surface area (Å²) in [4.78, 5) is 37.1. The molecule has 0 aromatic heterocycles. The number of amides is 3. The van der Waals surface area contributed by atoms with Crippen molar-refractivity contribution in [2.75, 3.05) is 22.1 Å². The molecule has 1 unspecified atom stereocenters. The largest absolute Gasteiger partial charge is 0.374 e. The maximum atomic E-state index is 12.4. The maximum Gasteiger partial charge on any atom is 0.248 e. The number of anilines is 3. The van der Waals surface area contributed by atoms with Gasteiger partial charge in [0.05, 0.1) is 0 Å². The lowest BCUT2D eigenvalue weighted by molar-refractivity contribution is -0.117. The smallest absolute Gasteiger partial charge is 0.248 e. The Kier molecular flexibility index (Phi) is 5.40. The van der Waals surface area contributed by atoms with Gasteiger partial charge in [0, 0.05) is 35.6 Å². The zero-order valence-electron chi connectivity index (χ0n) is 15.1. The van der Waals surface area contributed by atoms with Crippen LogP contribution < -0.4 is 21.3 Å². The van der Waals surface area contributed by atoms with Crippen LogP contribution in [0, 0.1) is 0 Å². The molecule has 140 valence electrons. The fraction of sp³-hybridized carbons (Fsp3) is 0.250. The molecule has 1 heterocycles. The van der Waals surface area contributed by atoms with Crippen molar-refractivity contribution in [2.24, 2.45) is 5.73 Å². The lowest BCUT2D eigenvalue weighted by atomic mass is 10.2. The summed E-state index contributed by atoms with van der Waals surface area (Å²) >= 11 is 0. The van der Waals surface area contributed by atoms with Crippen molar-refractivity contribution in [2.45, 2.75) is 25.8 Å². The van der Waals surface area contributed by atoms with Crippen molar-refractivity contribution in [3.63, 3.8) is 0 Å². The Morgan fingerprint density at radius 3 is 2.48 bits per heavy atom. The number of benzene rings is 2. The van der Waals surface area contributed by atoms with Crippen LogP contribution in [0.1, 0.15) is 30.1 Å². The van der Waals surface area contributed by atoms with Crippen molar-refractivity contribution in [1.29, 1.82) is 0 Å². The lowest BCUT2D eigenvalue weighted by Crippen LogP contribution is -2.32. The Labute approximate surface area is 157 Å².